The summed E-state index contributed by atoms with van der Waals surface area (Å²) in [6.07, 6.45) is 2.32. The standard InChI is InChI=1S/C25H31Cl3N2O2S/c1-4-17(3)29-25(32)23(5-2)30(16-20-21(27)8-6-9-22(20)28)24(31)10-7-15-33-19-13-11-18(26)12-14-19/h6,8-9,11-14,17,23H,4-5,7,10,15-16H2,1-3H3,(H,29,32)/t17-,23-/m1/s1. The Kier molecular flexibility index (Phi) is 11.9. The lowest BCUT2D eigenvalue weighted by Gasteiger charge is -2.32. The number of carbonyl (C=O) groups is 2. The lowest BCUT2D eigenvalue weighted by Crippen LogP contribution is -2.50. The van der Waals surface area contributed by atoms with Crippen molar-refractivity contribution in [2.45, 2.75) is 70.0 Å². The van der Waals surface area contributed by atoms with Crippen LogP contribution in [0.5, 0.6) is 0 Å². The molecule has 0 bridgehead atoms. The van der Waals surface area contributed by atoms with Crippen molar-refractivity contribution < 1.29 is 9.59 Å². The van der Waals surface area contributed by atoms with Gasteiger partial charge in [0.25, 0.3) is 0 Å². The molecule has 2 aromatic rings. The summed E-state index contributed by atoms with van der Waals surface area (Å²) in [7, 11) is 0. The van der Waals surface area contributed by atoms with Crippen LogP contribution in [-0.2, 0) is 16.1 Å². The van der Waals surface area contributed by atoms with E-state index in [9.17, 15) is 9.59 Å². The fraction of sp³-hybridized carbons (Fsp3) is 0.440. The summed E-state index contributed by atoms with van der Waals surface area (Å²) in [5.41, 5.74) is 0.652. The largest absolute Gasteiger partial charge is 0.352 e. The van der Waals surface area contributed by atoms with Crippen molar-refractivity contribution in [3.05, 3.63) is 63.1 Å². The molecule has 0 saturated carbocycles. The molecule has 2 rings (SSSR count). The van der Waals surface area contributed by atoms with E-state index >= 15 is 0 Å². The van der Waals surface area contributed by atoms with E-state index in [0.29, 0.717) is 39.9 Å². The second-order valence-electron chi connectivity index (χ2n) is 7.87. The van der Waals surface area contributed by atoms with Crippen LogP contribution in [0.25, 0.3) is 0 Å². The maximum atomic E-state index is 13.3. The zero-order valence-corrected chi connectivity index (χ0v) is 22.3. The normalized spacial score (nSPS) is 12.8. The topological polar surface area (TPSA) is 49.4 Å². The molecular formula is C25H31Cl3N2O2S. The van der Waals surface area contributed by atoms with E-state index in [1.54, 1.807) is 34.9 Å². The third-order valence-corrected chi connectivity index (χ3v) is 7.45. The Morgan fingerprint density at radius 3 is 2.21 bits per heavy atom. The SMILES string of the molecule is CC[C@@H](C)NC(=O)[C@@H](CC)N(Cc1c(Cl)cccc1Cl)C(=O)CCCSc1ccc(Cl)cc1. The smallest absolute Gasteiger partial charge is 0.243 e. The van der Waals surface area contributed by atoms with Crippen LogP contribution in [0.2, 0.25) is 15.1 Å². The molecule has 8 heteroatoms. The fourth-order valence-electron chi connectivity index (χ4n) is 3.30. The van der Waals surface area contributed by atoms with Crippen LogP contribution in [-0.4, -0.2) is 34.6 Å². The third kappa shape index (κ3) is 8.71. The van der Waals surface area contributed by atoms with Crippen molar-refractivity contribution >= 4 is 58.4 Å². The van der Waals surface area contributed by atoms with Gasteiger partial charge in [0, 0.05) is 44.5 Å². The number of benzene rings is 2. The Labute approximate surface area is 216 Å². The summed E-state index contributed by atoms with van der Waals surface area (Å²) in [4.78, 5) is 29.1. The van der Waals surface area contributed by atoms with Crippen LogP contribution in [0.15, 0.2) is 47.4 Å². The molecule has 0 aliphatic heterocycles. The Morgan fingerprint density at radius 1 is 1.00 bits per heavy atom. The number of halogens is 3. The number of hydrogen-bond donors (Lipinski definition) is 1. The predicted molar refractivity (Wildman–Crippen MR) is 140 cm³/mol. The van der Waals surface area contributed by atoms with Crippen molar-refractivity contribution in [3.63, 3.8) is 0 Å². The highest BCUT2D eigenvalue weighted by Crippen LogP contribution is 2.28. The van der Waals surface area contributed by atoms with E-state index in [1.807, 2.05) is 45.0 Å². The fourth-order valence-corrected chi connectivity index (χ4v) is 4.80. The first kappa shape index (κ1) is 27.8. The van der Waals surface area contributed by atoms with E-state index < -0.39 is 6.04 Å². The number of carbonyl (C=O) groups excluding carboxylic acids is 2. The van der Waals surface area contributed by atoms with Gasteiger partial charge in [0.15, 0.2) is 0 Å². The van der Waals surface area contributed by atoms with Crippen LogP contribution in [0.4, 0.5) is 0 Å². The van der Waals surface area contributed by atoms with E-state index in [-0.39, 0.29) is 24.4 Å². The minimum Gasteiger partial charge on any atom is -0.352 e. The second-order valence-corrected chi connectivity index (χ2v) is 10.3. The molecule has 0 radical (unpaired) electrons. The van der Waals surface area contributed by atoms with Gasteiger partial charge in [-0.3, -0.25) is 9.59 Å². The van der Waals surface area contributed by atoms with Gasteiger partial charge in [-0.25, -0.2) is 0 Å². The van der Waals surface area contributed by atoms with Crippen LogP contribution < -0.4 is 5.32 Å². The molecule has 1 N–H and O–H groups in total. The van der Waals surface area contributed by atoms with Crippen molar-refractivity contribution in [2.24, 2.45) is 0 Å². The summed E-state index contributed by atoms with van der Waals surface area (Å²) >= 11 is 20.4. The molecule has 2 amide bonds. The van der Waals surface area contributed by atoms with Crippen molar-refractivity contribution in [1.29, 1.82) is 0 Å². The molecule has 0 aliphatic rings. The van der Waals surface area contributed by atoms with Gasteiger partial charge in [0.2, 0.25) is 11.8 Å². The van der Waals surface area contributed by atoms with E-state index in [0.717, 1.165) is 17.1 Å². The van der Waals surface area contributed by atoms with E-state index in [2.05, 4.69) is 5.32 Å². The average molecular weight is 530 g/mol. The van der Waals surface area contributed by atoms with Crippen molar-refractivity contribution in [3.8, 4) is 0 Å². The number of rotatable bonds is 12. The van der Waals surface area contributed by atoms with Crippen molar-refractivity contribution in [1.82, 2.24) is 10.2 Å². The number of thioether (sulfide) groups is 1. The summed E-state index contributed by atoms with van der Waals surface area (Å²) in [6.45, 7) is 6.06. The number of hydrogen-bond acceptors (Lipinski definition) is 3. The lowest BCUT2D eigenvalue weighted by molar-refractivity contribution is -0.141. The number of amides is 2. The monoisotopic (exact) mass is 528 g/mol. The summed E-state index contributed by atoms with van der Waals surface area (Å²) in [5.74, 6) is 0.539. The van der Waals surface area contributed by atoms with Gasteiger partial charge in [0.1, 0.15) is 6.04 Å². The number of nitrogens with zero attached hydrogens (tertiary/aromatic N) is 1. The molecule has 0 unspecified atom stereocenters. The molecule has 0 heterocycles. The first-order valence-electron chi connectivity index (χ1n) is 11.2. The summed E-state index contributed by atoms with van der Waals surface area (Å²) in [6, 6.07) is 12.3. The second kappa shape index (κ2) is 14.1. The van der Waals surface area contributed by atoms with Gasteiger partial charge in [-0.15, -0.1) is 11.8 Å². The van der Waals surface area contributed by atoms with Gasteiger partial charge >= 0.3 is 0 Å². The Morgan fingerprint density at radius 2 is 1.64 bits per heavy atom. The Bertz CT molecular complexity index is 904. The van der Waals surface area contributed by atoms with E-state index in [1.165, 1.54) is 0 Å². The molecule has 0 fully saturated rings. The van der Waals surface area contributed by atoms with Crippen LogP contribution >= 0.6 is 46.6 Å². The van der Waals surface area contributed by atoms with Gasteiger partial charge in [-0.2, -0.15) is 0 Å². The molecular weight excluding hydrogens is 499 g/mol. The van der Waals surface area contributed by atoms with Gasteiger partial charge in [-0.05, 0) is 68.3 Å². The highest BCUT2D eigenvalue weighted by atomic mass is 35.5. The summed E-state index contributed by atoms with van der Waals surface area (Å²) < 4.78 is 0. The molecule has 0 aromatic heterocycles. The van der Waals surface area contributed by atoms with Crippen LogP contribution in [0, 0.1) is 0 Å². The maximum Gasteiger partial charge on any atom is 0.243 e. The molecule has 180 valence electrons. The highest BCUT2D eigenvalue weighted by molar-refractivity contribution is 7.99. The minimum atomic E-state index is -0.595. The molecule has 0 aliphatic carbocycles. The molecule has 4 nitrogen and oxygen atoms in total. The van der Waals surface area contributed by atoms with Gasteiger partial charge in [-0.1, -0.05) is 54.7 Å². The molecule has 2 aromatic carbocycles. The molecule has 0 spiro atoms. The van der Waals surface area contributed by atoms with Gasteiger partial charge < -0.3 is 10.2 Å². The third-order valence-electron chi connectivity index (χ3n) is 5.39. The lowest BCUT2D eigenvalue weighted by atomic mass is 10.1. The average Bonchev–Trinajstić information content (AvgIpc) is 2.79. The zero-order valence-electron chi connectivity index (χ0n) is 19.2. The first-order chi connectivity index (χ1) is 15.8. The number of nitrogens with one attached hydrogen (secondary N) is 1. The Balaban J connectivity index is 2.13. The van der Waals surface area contributed by atoms with Crippen LogP contribution in [0.1, 0.15) is 52.0 Å². The summed E-state index contributed by atoms with van der Waals surface area (Å²) in [5, 5.41) is 4.67. The van der Waals surface area contributed by atoms with E-state index in [4.69, 9.17) is 34.8 Å². The highest BCUT2D eigenvalue weighted by Gasteiger charge is 2.29. The molecule has 2 atom stereocenters. The Hall–Kier alpha value is -1.40. The predicted octanol–water partition coefficient (Wildman–Crippen LogP) is 7.24. The van der Waals surface area contributed by atoms with Crippen LogP contribution in [0.3, 0.4) is 0 Å². The van der Waals surface area contributed by atoms with Crippen molar-refractivity contribution in [2.75, 3.05) is 5.75 Å². The molecule has 33 heavy (non-hydrogen) atoms. The van der Waals surface area contributed by atoms with Gasteiger partial charge in [0.05, 0.1) is 0 Å². The first-order valence-corrected chi connectivity index (χ1v) is 13.3. The molecule has 0 saturated heterocycles. The minimum absolute atomic E-state index is 0.0307. The maximum absolute atomic E-state index is 13.3. The zero-order chi connectivity index (χ0) is 24.4. The quantitative estimate of drug-likeness (QED) is 0.233.